The number of hydrogen-bond donors (Lipinski definition) is 1. The predicted octanol–water partition coefficient (Wildman–Crippen LogP) is 3.68. The van der Waals surface area contributed by atoms with Gasteiger partial charge in [0.15, 0.2) is 0 Å². The topological polar surface area (TPSA) is 26.0 Å². The van der Waals surface area contributed by atoms with Crippen molar-refractivity contribution in [3.8, 4) is 0 Å². The van der Waals surface area contributed by atoms with Crippen LogP contribution in [0.1, 0.15) is 42.4 Å². The van der Waals surface area contributed by atoms with E-state index < -0.39 is 0 Å². The molecule has 1 aromatic carbocycles. The summed E-state index contributed by atoms with van der Waals surface area (Å²) in [5.74, 6) is 0. The number of halogens is 1. The van der Waals surface area contributed by atoms with Gasteiger partial charge in [0.05, 0.1) is 0 Å². The normalized spacial score (nSPS) is 19.5. The zero-order chi connectivity index (χ0) is 11.1. The average molecular weight is 224 g/mol. The molecular formula is C13H18ClN. The van der Waals surface area contributed by atoms with E-state index in [-0.39, 0.29) is 5.54 Å². The Balaban J connectivity index is 2.52. The highest BCUT2D eigenvalue weighted by molar-refractivity contribution is 6.31. The average Bonchev–Trinajstić information content (AvgIpc) is 2.50. The minimum absolute atomic E-state index is 0.172. The first-order chi connectivity index (χ1) is 7.03. The maximum absolute atomic E-state index is 6.45. The SMILES string of the molecule is Cc1cc(C)c(C2(N)CCCC2)c(Cl)c1. The van der Waals surface area contributed by atoms with E-state index in [4.69, 9.17) is 17.3 Å². The summed E-state index contributed by atoms with van der Waals surface area (Å²) >= 11 is 6.32. The van der Waals surface area contributed by atoms with Crippen molar-refractivity contribution in [3.63, 3.8) is 0 Å². The lowest BCUT2D eigenvalue weighted by molar-refractivity contribution is 0.459. The van der Waals surface area contributed by atoms with Crippen LogP contribution in [0.15, 0.2) is 12.1 Å². The van der Waals surface area contributed by atoms with E-state index in [0.29, 0.717) is 0 Å². The molecule has 0 amide bonds. The van der Waals surface area contributed by atoms with Crippen molar-refractivity contribution in [2.24, 2.45) is 5.73 Å². The Morgan fingerprint density at radius 2 is 1.80 bits per heavy atom. The van der Waals surface area contributed by atoms with Gasteiger partial charge >= 0.3 is 0 Å². The third-order valence-electron chi connectivity index (χ3n) is 3.43. The van der Waals surface area contributed by atoms with E-state index in [9.17, 15) is 0 Å². The summed E-state index contributed by atoms with van der Waals surface area (Å²) in [7, 11) is 0. The molecule has 0 aromatic heterocycles. The molecule has 1 saturated carbocycles. The minimum Gasteiger partial charge on any atom is -0.321 e. The second-order valence-electron chi connectivity index (χ2n) is 4.80. The summed E-state index contributed by atoms with van der Waals surface area (Å²) in [6, 6.07) is 4.20. The molecule has 0 spiro atoms. The Morgan fingerprint density at radius 3 is 2.33 bits per heavy atom. The quantitative estimate of drug-likeness (QED) is 0.772. The largest absolute Gasteiger partial charge is 0.321 e. The van der Waals surface area contributed by atoms with Crippen molar-refractivity contribution in [2.75, 3.05) is 0 Å². The van der Waals surface area contributed by atoms with Crippen LogP contribution in [0.2, 0.25) is 5.02 Å². The van der Waals surface area contributed by atoms with E-state index in [1.807, 2.05) is 6.07 Å². The van der Waals surface area contributed by atoms with Crippen molar-refractivity contribution in [1.82, 2.24) is 0 Å². The number of benzene rings is 1. The van der Waals surface area contributed by atoms with Gasteiger partial charge in [-0.15, -0.1) is 0 Å². The second-order valence-corrected chi connectivity index (χ2v) is 5.21. The van der Waals surface area contributed by atoms with Crippen LogP contribution >= 0.6 is 11.6 Å². The van der Waals surface area contributed by atoms with E-state index >= 15 is 0 Å². The smallest absolute Gasteiger partial charge is 0.0461 e. The molecule has 0 radical (unpaired) electrons. The minimum atomic E-state index is -0.172. The number of aryl methyl sites for hydroxylation is 2. The van der Waals surface area contributed by atoms with Crippen LogP contribution in [0, 0.1) is 13.8 Å². The molecule has 2 heteroatoms. The van der Waals surface area contributed by atoms with Crippen molar-refractivity contribution in [2.45, 2.75) is 45.1 Å². The van der Waals surface area contributed by atoms with Crippen molar-refractivity contribution < 1.29 is 0 Å². The van der Waals surface area contributed by atoms with E-state index in [2.05, 4.69) is 19.9 Å². The van der Waals surface area contributed by atoms with Gasteiger partial charge in [-0.2, -0.15) is 0 Å². The van der Waals surface area contributed by atoms with Gasteiger partial charge in [0, 0.05) is 10.6 Å². The fourth-order valence-corrected chi connectivity index (χ4v) is 3.31. The first-order valence-corrected chi connectivity index (χ1v) is 5.97. The molecular weight excluding hydrogens is 206 g/mol. The van der Waals surface area contributed by atoms with Gasteiger partial charge < -0.3 is 5.73 Å². The Bertz CT molecular complexity index is 355. The lowest BCUT2D eigenvalue weighted by Gasteiger charge is -2.27. The van der Waals surface area contributed by atoms with Crippen molar-refractivity contribution >= 4 is 11.6 Å². The van der Waals surface area contributed by atoms with Gasteiger partial charge in [-0.05, 0) is 49.4 Å². The number of hydrogen-bond acceptors (Lipinski definition) is 1. The molecule has 0 heterocycles. The van der Waals surface area contributed by atoms with Gasteiger partial charge in [0.2, 0.25) is 0 Å². The number of rotatable bonds is 1. The van der Waals surface area contributed by atoms with Crippen LogP contribution in [0.3, 0.4) is 0 Å². The van der Waals surface area contributed by atoms with Crippen LogP contribution in [0.5, 0.6) is 0 Å². The maximum Gasteiger partial charge on any atom is 0.0461 e. The summed E-state index contributed by atoms with van der Waals surface area (Å²) in [6.07, 6.45) is 4.58. The molecule has 0 unspecified atom stereocenters. The van der Waals surface area contributed by atoms with Gasteiger partial charge in [-0.1, -0.05) is 30.5 Å². The predicted molar refractivity (Wildman–Crippen MR) is 65.3 cm³/mol. The molecule has 0 bridgehead atoms. The Morgan fingerprint density at radius 1 is 1.20 bits per heavy atom. The summed E-state index contributed by atoms with van der Waals surface area (Å²) in [4.78, 5) is 0. The molecule has 1 aromatic rings. The van der Waals surface area contributed by atoms with Crippen molar-refractivity contribution in [1.29, 1.82) is 0 Å². The lowest BCUT2D eigenvalue weighted by Crippen LogP contribution is -2.34. The van der Waals surface area contributed by atoms with Crippen LogP contribution in [0.4, 0.5) is 0 Å². The highest BCUT2D eigenvalue weighted by Crippen LogP contribution is 2.41. The maximum atomic E-state index is 6.45. The molecule has 1 fully saturated rings. The molecule has 15 heavy (non-hydrogen) atoms. The Labute approximate surface area is 96.6 Å². The highest BCUT2D eigenvalue weighted by Gasteiger charge is 2.34. The lowest BCUT2D eigenvalue weighted by atomic mass is 9.85. The van der Waals surface area contributed by atoms with E-state index in [1.54, 1.807) is 0 Å². The van der Waals surface area contributed by atoms with Crippen molar-refractivity contribution in [3.05, 3.63) is 33.8 Å². The summed E-state index contributed by atoms with van der Waals surface area (Å²) in [5.41, 5.74) is 9.90. The Hall–Kier alpha value is -0.530. The molecule has 0 atom stereocenters. The van der Waals surface area contributed by atoms with Gasteiger partial charge in [-0.3, -0.25) is 0 Å². The van der Waals surface area contributed by atoms with E-state index in [0.717, 1.165) is 17.9 Å². The fraction of sp³-hybridized carbons (Fsp3) is 0.538. The monoisotopic (exact) mass is 223 g/mol. The summed E-state index contributed by atoms with van der Waals surface area (Å²) in [6.45, 7) is 4.18. The third-order valence-corrected chi connectivity index (χ3v) is 3.72. The fourth-order valence-electron chi connectivity index (χ4n) is 2.80. The molecule has 0 aliphatic heterocycles. The first-order valence-electron chi connectivity index (χ1n) is 5.59. The van der Waals surface area contributed by atoms with Crippen LogP contribution < -0.4 is 5.73 Å². The zero-order valence-corrected chi connectivity index (χ0v) is 10.2. The number of nitrogens with two attached hydrogens (primary N) is 1. The molecule has 2 N–H and O–H groups in total. The molecule has 1 aliphatic carbocycles. The first kappa shape index (κ1) is 11.0. The Kier molecular flexibility index (Phi) is 2.78. The highest BCUT2D eigenvalue weighted by atomic mass is 35.5. The van der Waals surface area contributed by atoms with Gasteiger partial charge in [0.1, 0.15) is 0 Å². The van der Waals surface area contributed by atoms with Gasteiger partial charge in [0.25, 0.3) is 0 Å². The van der Waals surface area contributed by atoms with Crippen LogP contribution in [0.25, 0.3) is 0 Å². The molecule has 2 rings (SSSR count). The molecule has 0 saturated heterocycles. The summed E-state index contributed by atoms with van der Waals surface area (Å²) in [5, 5.41) is 0.844. The molecule has 1 aliphatic rings. The molecule has 1 nitrogen and oxygen atoms in total. The molecule has 82 valence electrons. The summed E-state index contributed by atoms with van der Waals surface area (Å²) < 4.78 is 0. The zero-order valence-electron chi connectivity index (χ0n) is 9.44. The van der Waals surface area contributed by atoms with Crippen LogP contribution in [-0.4, -0.2) is 0 Å². The standard InChI is InChI=1S/C13H18ClN/c1-9-7-10(2)12(11(14)8-9)13(15)5-3-4-6-13/h7-8H,3-6,15H2,1-2H3. The second kappa shape index (κ2) is 3.80. The van der Waals surface area contributed by atoms with E-state index in [1.165, 1.54) is 29.5 Å². The van der Waals surface area contributed by atoms with Crippen LogP contribution in [-0.2, 0) is 5.54 Å². The van der Waals surface area contributed by atoms with Gasteiger partial charge in [-0.25, -0.2) is 0 Å². The third kappa shape index (κ3) is 1.91.